The second-order valence-corrected chi connectivity index (χ2v) is 10.4. The smallest absolute Gasteiger partial charge is 0.363 e. The molecule has 14 heteroatoms. The van der Waals surface area contributed by atoms with Crippen LogP contribution in [-0.4, -0.2) is 69.9 Å². The molecule has 2 unspecified atom stereocenters. The van der Waals surface area contributed by atoms with Gasteiger partial charge in [0.1, 0.15) is 18.5 Å². The first-order valence-electron chi connectivity index (χ1n) is 12.8. The van der Waals surface area contributed by atoms with Crippen LogP contribution in [0.15, 0.2) is 70.8 Å². The molecule has 12 nitrogen and oxygen atoms in total. The zero-order valence-electron chi connectivity index (χ0n) is 21.3. The number of hydrogen-bond acceptors (Lipinski definition) is 8. The van der Waals surface area contributed by atoms with Gasteiger partial charge in [-0.25, -0.2) is 24.8 Å². The van der Waals surface area contributed by atoms with Gasteiger partial charge in [0.25, 0.3) is 0 Å². The third-order valence-corrected chi connectivity index (χ3v) is 7.54. The summed E-state index contributed by atoms with van der Waals surface area (Å²) in [5.74, 6) is -0.410. The van der Waals surface area contributed by atoms with Crippen molar-refractivity contribution >= 4 is 28.9 Å². The van der Waals surface area contributed by atoms with E-state index in [1.54, 1.807) is 29.7 Å². The van der Waals surface area contributed by atoms with E-state index in [1.165, 1.54) is 0 Å². The van der Waals surface area contributed by atoms with E-state index in [-0.39, 0.29) is 12.7 Å². The van der Waals surface area contributed by atoms with Crippen LogP contribution in [0.2, 0.25) is 10.0 Å². The van der Waals surface area contributed by atoms with Gasteiger partial charge in [0.05, 0.1) is 37.6 Å². The number of ether oxygens (including phenoxy) is 3. The summed E-state index contributed by atoms with van der Waals surface area (Å²) in [6, 6.07) is 13.0. The molecule has 0 saturated carbocycles. The molecule has 0 bridgehead atoms. The number of halogens is 2. The highest BCUT2D eigenvalue weighted by Crippen LogP contribution is 2.40. The molecule has 2 fully saturated rings. The Morgan fingerprint density at radius 3 is 2.45 bits per heavy atom. The van der Waals surface area contributed by atoms with Crippen molar-refractivity contribution in [2.45, 2.75) is 18.4 Å². The summed E-state index contributed by atoms with van der Waals surface area (Å²) < 4.78 is 21.7. The molecule has 2 atom stereocenters. The lowest BCUT2D eigenvalue weighted by molar-refractivity contribution is -0.189. The molecule has 6 rings (SSSR count). The molecule has 4 heterocycles. The van der Waals surface area contributed by atoms with Crippen molar-refractivity contribution in [3.8, 4) is 5.75 Å². The van der Waals surface area contributed by atoms with Crippen LogP contribution in [0.5, 0.6) is 5.75 Å². The molecule has 210 valence electrons. The van der Waals surface area contributed by atoms with Gasteiger partial charge < -0.3 is 28.7 Å². The second-order valence-electron chi connectivity index (χ2n) is 9.58. The summed E-state index contributed by atoms with van der Waals surface area (Å²) in [6.07, 6.45) is 4.90. The minimum absolute atomic E-state index is 0.287. The lowest BCUT2D eigenvalue weighted by Crippen LogP contribution is -2.56. The average Bonchev–Trinajstić information content (AvgIpc) is 3.69. The van der Waals surface area contributed by atoms with Crippen LogP contribution >= 0.6 is 23.2 Å². The van der Waals surface area contributed by atoms with Gasteiger partial charge in [-0.2, -0.15) is 4.68 Å². The van der Waals surface area contributed by atoms with Gasteiger partial charge in [-0.05, 0) is 36.4 Å². The Morgan fingerprint density at radius 2 is 1.77 bits per heavy atom. The van der Waals surface area contributed by atoms with Crippen LogP contribution in [0, 0.1) is 0 Å². The number of imidazole rings is 1. The van der Waals surface area contributed by atoms with E-state index in [1.807, 2.05) is 41.1 Å². The number of rotatable bonds is 8. The molecule has 2 N–H and O–H groups in total. The number of hydrogen-bond donors (Lipinski definition) is 2. The van der Waals surface area contributed by atoms with Crippen LogP contribution in [0.4, 0.5) is 5.69 Å². The number of anilines is 1. The molecule has 2 aliphatic rings. The molecule has 0 spiro atoms. The molecule has 4 aromatic rings. The minimum atomic E-state index is -1.11. The number of nitrogens with one attached hydrogen (secondary N) is 2. The van der Waals surface area contributed by atoms with E-state index < -0.39 is 17.2 Å². The van der Waals surface area contributed by atoms with E-state index in [9.17, 15) is 9.59 Å². The van der Waals surface area contributed by atoms with Crippen molar-refractivity contribution in [1.29, 1.82) is 0 Å². The minimum Gasteiger partial charge on any atom is -0.491 e. The molecule has 40 heavy (non-hydrogen) atoms. The van der Waals surface area contributed by atoms with Gasteiger partial charge in [0.15, 0.2) is 0 Å². The van der Waals surface area contributed by atoms with Crippen LogP contribution in [0.1, 0.15) is 5.56 Å². The lowest BCUT2D eigenvalue weighted by Gasteiger charge is -2.36. The second kappa shape index (κ2) is 11.0. The topological polar surface area (TPSA) is 123 Å². The van der Waals surface area contributed by atoms with Gasteiger partial charge in [0, 0.05) is 41.8 Å². The van der Waals surface area contributed by atoms with E-state index in [2.05, 4.69) is 20.1 Å². The standard InChI is InChI=1S/C26H27Cl2N7O5/c27-18-1-6-22(23(28)13-18)26(16-32-8-7-29-17-32)39-15-21(40-26)14-38-20-4-2-19(3-5-20)33-9-11-34(12-10-33)35-24(36)30-31-25(35)37/h1-8,13,17,21H,9-12,14-16H2,(H,30,36)(H,31,37). The summed E-state index contributed by atoms with van der Waals surface area (Å²) in [4.78, 5) is 30.1. The quantitative estimate of drug-likeness (QED) is 0.321. The maximum absolute atomic E-state index is 11.9. The Kier molecular flexibility index (Phi) is 7.32. The summed E-state index contributed by atoms with van der Waals surface area (Å²) in [5, 5.41) is 7.34. The average molecular weight is 588 g/mol. The van der Waals surface area contributed by atoms with Crippen molar-refractivity contribution < 1.29 is 14.2 Å². The highest BCUT2D eigenvalue weighted by Gasteiger charge is 2.45. The lowest BCUT2D eigenvalue weighted by atomic mass is 10.1. The Morgan fingerprint density at radius 1 is 1.02 bits per heavy atom. The maximum atomic E-state index is 11.9. The van der Waals surface area contributed by atoms with Crippen LogP contribution in [0.25, 0.3) is 0 Å². The predicted molar refractivity (Wildman–Crippen MR) is 149 cm³/mol. The Hall–Kier alpha value is -3.71. The fourth-order valence-corrected chi connectivity index (χ4v) is 5.59. The fraction of sp³-hybridized carbons (Fsp3) is 0.346. The molecular weight excluding hydrogens is 561 g/mol. The highest BCUT2D eigenvalue weighted by atomic mass is 35.5. The van der Waals surface area contributed by atoms with Gasteiger partial charge in [-0.15, -0.1) is 0 Å². The zero-order valence-corrected chi connectivity index (χ0v) is 22.8. The molecular formula is C26H27Cl2N7O5. The SMILES string of the molecule is O=c1[nH][nH]c(=O)n1N1CCN(c2ccc(OCC3COC(Cn4ccnc4)(c4ccc(Cl)cc4Cl)O3)cc2)CC1. The molecule has 2 saturated heterocycles. The molecule has 2 aliphatic heterocycles. The van der Waals surface area contributed by atoms with Crippen molar-refractivity contribution in [2.24, 2.45) is 0 Å². The predicted octanol–water partition coefficient (Wildman–Crippen LogP) is 2.17. The van der Waals surface area contributed by atoms with E-state index >= 15 is 0 Å². The Bertz CT molecular complexity index is 1530. The normalized spacial score (nSPS) is 21.2. The molecule has 0 amide bonds. The summed E-state index contributed by atoms with van der Waals surface area (Å²) >= 11 is 12.7. The van der Waals surface area contributed by atoms with Crippen LogP contribution in [-0.2, 0) is 21.8 Å². The summed E-state index contributed by atoms with van der Waals surface area (Å²) in [5.41, 5.74) is 0.781. The van der Waals surface area contributed by atoms with Crippen molar-refractivity contribution in [3.63, 3.8) is 0 Å². The Labute approximate surface area is 238 Å². The first-order chi connectivity index (χ1) is 19.4. The third-order valence-electron chi connectivity index (χ3n) is 6.99. The van der Waals surface area contributed by atoms with Gasteiger partial charge in [-0.1, -0.05) is 29.3 Å². The van der Waals surface area contributed by atoms with Crippen molar-refractivity contribution in [1.82, 2.24) is 24.4 Å². The zero-order chi connectivity index (χ0) is 27.7. The number of H-pyrrole nitrogens is 2. The number of aromatic amines is 2. The number of aromatic nitrogens is 5. The van der Waals surface area contributed by atoms with Crippen molar-refractivity contribution in [3.05, 3.63) is 97.8 Å². The van der Waals surface area contributed by atoms with Crippen LogP contribution < -0.4 is 26.0 Å². The molecule has 0 aliphatic carbocycles. The molecule has 2 aromatic heterocycles. The van der Waals surface area contributed by atoms with Gasteiger partial charge in [-0.3, -0.25) is 0 Å². The van der Waals surface area contributed by atoms with Crippen molar-refractivity contribution in [2.75, 3.05) is 49.3 Å². The first-order valence-corrected chi connectivity index (χ1v) is 13.5. The van der Waals surface area contributed by atoms with E-state index in [0.29, 0.717) is 60.7 Å². The summed E-state index contributed by atoms with van der Waals surface area (Å²) in [6.45, 7) is 3.37. The molecule has 0 radical (unpaired) electrons. The number of nitrogens with zero attached hydrogens (tertiary/aromatic N) is 5. The monoisotopic (exact) mass is 587 g/mol. The van der Waals surface area contributed by atoms with E-state index in [4.69, 9.17) is 37.4 Å². The maximum Gasteiger partial charge on any atom is 0.363 e. The summed E-state index contributed by atoms with van der Waals surface area (Å²) in [7, 11) is 0. The van der Waals surface area contributed by atoms with Crippen LogP contribution in [0.3, 0.4) is 0 Å². The fourth-order valence-electron chi connectivity index (χ4n) is 5.03. The third kappa shape index (κ3) is 5.35. The van der Waals surface area contributed by atoms with Gasteiger partial charge >= 0.3 is 11.4 Å². The molecule has 2 aromatic carbocycles. The number of piperazine rings is 1. The van der Waals surface area contributed by atoms with Gasteiger partial charge in [0.2, 0.25) is 5.79 Å². The first kappa shape index (κ1) is 26.5. The van der Waals surface area contributed by atoms with E-state index in [0.717, 1.165) is 10.4 Å². The highest BCUT2D eigenvalue weighted by molar-refractivity contribution is 6.35. The largest absolute Gasteiger partial charge is 0.491 e. The Balaban J connectivity index is 1.07. The number of benzene rings is 2.